The number of nitrogens with one attached hydrogen (secondary N) is 1. The van der Waals surface area contributed by atoms with E-state index < -0.39 is 6.09 Å². The van der Waals surface area contributed by atoms with Crippen molar-refractivity contribution in [3.63, 3.8) is 0 Å². The van der Waals surface area contributed by atoms with Gasteiger partial charge in [0.1, 0.15) is 6.79 Å². The highest BCUT2D eigenvalue weighted by Gasteiger charge is 1.94. The van der Waals surface area contributed by atoms with E-state index in [0.29, 0.717) is 0 Å². The Morgan fingerprint density at radius 1 is 1.50 bits per heavy atom. The molecule has 0 bridgehead atoms. The van der Waals surface area contributed by atoms with Gasteiger partial charge in [-0.15, -0.1) is 0 Å². The molecule has 5 nitrogen and oxygen atoms in total. The van der Waals surface area contributed by atoms with Crippen molar-refractivity contribution < 1.29 is 19.0 Å². The Morgan fingerprint density at radius 3 is 2.70 bits per heavy atom. The van der Waals surface area contributed by atoms with Gasteiger partial charge in [0.15, 0.2) is 6.79 Å². The first kappa shape index (κ1) is 9.19. The van der Waals surface area contributed by atoms with E-state index in [0.717, 1.165) is 0 Å². The topological polar surface area (TPSA) is 56.8 Å². The molecule has 0 spiro atoms. The Bertz CT molecular complexity index is 95.6. The lowest BCUT2D eigenvalue weighted by molar-refractivity contribution is -0.0959. The van der Waals surface area contributed by atoms with E-state index in [9.17, 15) is 4.79 Å². The Morgan fingerprint density at radius 2 is 2.20 bits per heavy atom. The van der Waals surface area contributed by atoms with Crippen molar-refractivity contribution in [2.75, 3.05) is 27.7 Å². The normalized spacial score (nSPS) is 9.00. The maximum atomic E-state index is 10.3. The molecule has 0 rings (SSSR count). The third-order valence-electron chi connectivity index (χ3n) is 0.679. The van der Waals surface area contributed by atoms with Gasteiger partial charge in [0.05, 0.1) is 0 Å². The fourth-order valence-corrected chi connectivity index (χ4v) is 0.285. The summed E-state index contributed by atoms with van der Waals surface area (Å²) in [7, 11) is 2.96. The standard InChI is InChI=1S/C5H11NO4/c1-6-5(7)10-4-9-3-8-2/h3-4H2,1-2H3,(H,6,7). The third kappa shape index (κ3) is 5.33. The van der Waals surface area contributed by atoms with Crippen LogP contribution in [0, 0.1) is 0 Å². The van der Waals surface area contributed by atoms with Gasteiger partial charge in [0.2, 0.25) is 0 Å². The van der Waals surface area contributed by atoms with Gasteiger partial charge in [-0.1, -0.05) is 0 Å². The summed E-state index contributed by atoms with van der Waals surface area (Å²) < 4.78 is 13.6. The van der Waals surface area contributed by atoms with Crippen molar-refractivity contribution in [3.8, 4) is 0 Å². The number of ether oxygens (including phenoxy) is 3. The smallest absolute Gasteiger partial charge is 0.408 e. The monoisotopic (exact) mass is 149 g/mol. The number of amides is 1. The Hall–Kier alpha value is -0.810. The molecule has 0 aliphatic rings. The molecule has 0 aliphatic carbocycles. The van der Waals surface area contributed by atoms with Crippen molar-refractivity contribution in [2.45, 2.75) is 0 Å². The minimum absolute atomic E-state index is 0.0898. The fraction of sp³-hybridized carbons (Fsp3) is 0.800. The van der Waals surface area contributed by atoms with Crippen LogP contribution in [0.15, 0.2) is 0 Å². The van der Waals surface area contributed by atoms with Gasteiger partial charge >= 0.3 is 6.09 Å². The lowest BCUT2D eigenvalue weighted by atomic mass is 11.1. The fourth-order valence-electron chi connectivity index (χ4n) is 0.285. The Kier molecular flexibility index (Phi) is 5.80. The highest BCUT2D eigenvalue weighted by atomic mass is 16.7. The number of alkyl carbamates (subject to hydrolysis) is 1. The molecule has 0 radical (unpaired) electrons. The second-order valence-electron chi connectivity index (χ2n) is 1.41. The van der Waals surface area contributed by atoms with Gasteiger partial charge in [-0.25, -0.2) is 4.79 Å². The zero-order chi connectivity index (χ0) is 7.82. The second-order valence-corrected chi connectivity index (χ2v) is 1.41. The molecule has 0 saturated carbocycles. The summed E-state index contributed by atoms with van der Waals surface area (Å²) in [6.07, 6.45) is -0.517. The van der Waals surface area contributed by atoms with Crippen LogP contribution in [0.3, 0.4) is 0 Å². The molecule has 0 aromatic carbocycles. The molecule has 1 amide bonds. The zero-order valence-electron chi connectivity index (χ0n) is 6.05. The summed E-state index contributed by atoms with van der Waals surface area (Å²) in [5, 5.41) is 2.26. The van der Waals surface area contributed by atoms with E-state index in [1.54, 1.807) is 0 Å². The first-order valence-corrected chi connectivity index (χ1v) is 2.72. The maximum Gasteiger partial charge on any atom is 0.408 e. The lowest BCUT2D eigenvalue weighted by Gasteiger charge is -2.02. The number of hydrogen-bond donors (Lipinski definition) is 1. The number of rotatable bonds is 4. The van der Waals surface area contributed by atoms with Gasteiger partial charge in [0.25, 0.3) is 0 Å². The largest absolute Gasteiger partial charge is 0.422 e. The quantitative estimate of drug-likeness (QED) is 0.448. The number of hydrogen-bond acceptors (Lipinski definition) is 4. The second kappa shape index (κ2) is 6.31. The highest BCUT2D eigenvalue weighted by molar-refractivity contribution is 5.66. The van der Waals surface area contributed by atoms with Crippen molar-refractivity contribution in [2.24, 2.45) is 0 Å². The predicted molar refractivity (Wildman–Crippen MR) is 33.4 cm³/mol. The van der Waals surface area contributed by atoms with Crippen LogP contribution in [0.2, 0.25) is 0 Å². The van der Waals surface area contributed by atoms with E-state index in [2.05, 4.69) is 19.5 Å². The van der Waals surface area contributed by atoms with E-state index in [-0.39, 0.29) is 13.6 Å². The van der Waals surface area contributed by atoms with Crippen LogP contribution < -0.4 is 5.32 Å². The number of carbonyl (C=O) groups is 1. The molecule has 0 heterocycles. The SMILES string of the molecule is CNC(=O)OCOCOC. The number of methoxy groups -OCH3 is 1. The van der Waals surface area contributed by atoms with Crippen LogP contribution >= 0.6 is 0 Å². The molecule has 0 fully saturated rings. The van der Waals surface area contributed by atoms with Crippen LogP contribution in [-0.2, 0) is 14.2 Å². The summed E-state index contributed by atoms with van der Waals surface area (Å²) >= 11 is 0. The van der Waals surface area contributed by atoms with E-state index in [1.165, 1.54) is 14.2 Å². The molecular weight excluding hydrogens is 138 g/mol. The minimum atomic E-state index is -0.517. The van der Waals surface area contributed by atoms with Crippen molar-refractivity contribution in [3.05, 3.63) is 0 Å². The van der Waals surface area contributed by atoms with Gasteiger partial charge in [0, 0.05) is 14.2 Å². The summed E-state index contributed by atoms with van der Waals surface area (Å²) in [4.78, 5) is 10.3. The van der Waals surface area contributed by atoms with Gasteiger partial charge in [-0.3, -0.25) is 0 Å². The summed E-state index contributed by atoms with van der Waals surface area (Å²) in [5.41, 5.74) is 0. The van der Waals surface area contributed by atoms with Crippen molar-refractivity contribution in [1.82, 2.24) is 5.32 Å². The number of carbonyl (C=O) groups excluding carboxylic acids is 1. The zero-order valence-corrected chi connectivity index (χ0v) is 6.05. The van der Waals surface area contributed by atoms with Crippen LogP contribution in [0.5, 0.6) is 0 Å². The predicted octanol–water partition coefficient (Wildman–Crippen LogP) is -0.0796. The maximum absolute atomic E-state index is 10.3. The molecule has 0 unspecified atom stereocenters. The first-order chi connectivity index (χ1) is 4.81. The molecule has 5 heteroatoms. The van der Waals surface area contributed by atoms with Gasteiger partial charge < -0.3 is 19.5 Å². The summed E-state index contributed by atoms with van der Waals surface area (Å²) in [5.74, 6) is 0. The van der Waals surface area contributed by atoms with Crippen LogP contribution in [0.1, 0.15) is 0 Å². The molecule has 10 heavy (non-hydrogen) atoms. The average Bonchev–Trinajstić information content (AvgIpc) is 1.98. The van der Waals surface area contributed by atoms with Crippen molar-refractivity contribution >= 4 is 6.09 Å². The molecule has 0 atom stereocenters. The van der Waals surface area contributed by atoms with E-state index in [4.69, 9.17) is 0 Å². The van der Waals surface area contributed by atoms with Crippen molar-refractivity contribution in [1.29, 1.82) is 0 Å². The average molecular weight is 149 g/mol. The summed E-state index contributed by atoms with van der Waals surface area (Å²) in [6.45, 7) is 0.0322. The molecule has 1 N–H and O–H groups in total. The van der Waals surface area contributed by atoms with Gasteiger partial charge in [-0.05, 0) is 0 Å². The van der Waals surface area contributed by atoms with Crippen LogP contribution in [0.4, 0.5) is 4.79 Å². The summed E-state index contributed by atoms with van der Waals surface area (Å²) in [6, 6.07) is 0. The molecular formula is C5H11NO4. The van der Waals surface area contributed by atoms with E-state index >= 15 is 0 Å². The molecule has 0 aromatic heterocycles. The Balaban J connectivity index is 2.96. The molecule has 0 aromatic rings. The first-order valence-electron chi connectivity index (χ1n) is 2.72. The molecule has 0 aliphatic heterocycles. The molecule has 0 saturated heterocycles. The van der Waals surface area contributed by atoms with Crippen LogP contribution in [0.25, 0.3) is 0 Å². The minimum Gasteiger partial charge on any atom is -0.422 e. The Labute approximate surface area is 59.3 Å². The molecule has 60 valence electrons. The highest BCUT2D eigenvalue weighted by Crippen LogP contribution is 1.78. The lowest BCUT2D eigenvalue weighted by Crippen LogP contribution is -2.20. The van der Waals surface area contributed by atoms with Gasteiger partial charge in [-0.2, -0.15) is 0 Å². The van der Waals surface area contributed by atoms with Crippen LogP contribution in [-0.4, -0.2) is 33.8 Å². The van der Waals surface area contributed by atoms with E-state index in [1.807, 2.05) is 0 Å². The third-order valence-corrected chi connectivity index (χ3v) is 0.679.